The molecule has 0 radical (unpaired) electrons. The number of allylic oxidation sites excluding steroid dienone is 1. The zero-order chi connectivity index (χ0) is 80.8. The third-order valence-corrected chi connectivity index (χ3v) is 27.4. The van der Waals surface area contributed by atoms with Gasteiger partial charge in [-0.15, -0.1) is 23.1 Å². The quantitative estimate of drug-likeness (QED) is 0.0169. The van der Waals surface area contributed by atoms with Crippen molar-refractivity contribution in [2.75, 3.05) is 108 Å². The Kier molecular flexibility index (Phi) is 29.5. The predicted octanol–water partition coefficient (Wildman–Crippen LogP) is 12.5. The Morgan fingerprint density at radius 1 is 0.788 bits per heavy atom. The number of halogens is 4. The number of carbonyl (C=O) groups is 5. The van der Waals surface area contributed by atoms with Crippen molar-refractivity contribution in [2.24, 2.45) is 10.8 Å². The summed E-state index contributed by atoms with van der Waals surface area (Å²) in [4.78, 5) is 83.7. The van der Waals surface area contributed by atoms with Crippen LogP contribution in [0.25, 0.3) is 16.0 Å². The number of aliphatic hydroxyl groups is 1. The molecule has 7 atom stereocenters. The van der Waals surface area contributed by atoms with Gasteiger partial charge in [-0.05, 0) is 172 Å². The summed E-state index contributed by atoms with van der Waals surface area (Å²) in [5.41, 5.74) is 2.34. The second kappa shape index (κ2) is 38.5. The topological polar surface area (TPSA) is 272 Å². The Hall–Kier alpha value is -7.45. The zero-order valence-corrected chi connectivity index (χ0v) is 69.3. The van der Waals surface area contributed by atoms with E-state index in [4.69, 9.17) is 16.3 Å². The maximum Gasteiger partial charge on any atom is 0.501 e. The number of aromatic nitrogens is 1. The van der Waals surface area contributed by atoms with Crippen LogP contribution in [0.15, 0.2) is 147 Å². The number of nitrogens with zero attached hydrogens (tertiary/aromatic N) is 6. The first-order chi connectivity index (χ1) is 53.8. The van der Waals surface area contributed by atoms with E-state index >= 15 is 0 Å². The molecule has 0 bridgehead atoms. The summed E-state index contributed by atoms with van der Waals surface area (Å²) in [6.07, 6.45) is 7.49. The standard InChI is InChI=1S/C83H107ClF3N11O11S4/c1-56(58-20-22-60(23-21-58)76-57(2)88-55-111-76)89-79(103)72-47-67(99)52-98(72)80(104)77(81(3,4)5)92-75(101)19-13-8-7-12-18-74(100)91-64-15-14-37-96(51-64)54-82(6)36-34-70(59-24-28-63(84)29-25-59)62(49-82)50-95-39-41-97(42-40-95)66-30-26-61(27-31-66)78(102)93-113(107,108)69-32-33-71(73(48-69)112(105,106)83(85,86)87)90-65(35-38-94-43-45-109-46-44-94)53-110-68-16-10-9-11-17-68/h9-11,16-17,20-33,48,55-56,64-65,67,72,77,90,99H,7-8,12-15,18-19,34-47,49-54H2,1-6H3,(H,89,103)(H,91,100)(H,92,101)(H,93,102)/t56-,64+,65?,67+,72-,77?,82?/m0/s1. The smallest absolute Gasteiger partial charge is 0.391 e. The van der Waals surface area contributed by atoms with Crippen LogP contribution in [0.4, 0.5) is 24.5 Å². The fourth-order valence-electron chi connectivity index (χ4n) is 15.9. The minimum Gasteiger partial charge on any atom is -0.391 e. The van der Waals surface area contributed by atoms with E-state index in [9.17, 15) is 59.1 Å². The van der Waals surface area contributed by atoms with Gasteiger partial charge in [-0.2, -0.15) is 13.2 Å². The second-order valence-corrected chi connectivity index (χ2v) is 38.1. The molecule has 6 N–H and O–H groups in total. The van der Waals surface area contributed by atoms with Gasteiger partial charge in [0.05, 0.1) is 52.0 Å². The van der Waals surface area contributed by atoms with Crippen LogP contribution in [0.5, 0.6) is 0 Å². The molecular formula is C83H107ClF3N11O11S4. The third kappa shape index (κ3) is 23.4. The zero-order valence-electron chi connectivity index (χ0n) is 65.2. The summed E-state index contributed by atoms with van der Waals surface area (Å²) in [7, 11) is -11.0. The van der Waals surface area contributed by atoms with Crippen molar-refractivity contribution < 1.29 is 63.8 Å². The monoisotopic (exact) mass is 1650 g/mol. The summed E-state index contributed by atoms with van der Waals surface area (Å²) >= 11 is 9.41. The number of carbonyl (C=O) groups excluding carboxylic acids is 5. The molecule has 113 heavy (non-hydrogen) atoms. The van der Waals surface area contributed by atoms with Gasteiger partial charge >= 0.3 is 5.51 Å². The van der Waals surface area contributed by atoms with E-state index in [0.717, 1.165) is 134 Å². The van der Waals surface area contributed by atoms with Crippen molar-refractivity contribution in [3.05, 3.63) is 160 Å². The lowest BCUT2D eigenvalue weighted by Crippen LogP contribution is -2.57. The number of morpholine rings is 1. The predicted molar refractivity (Wildman–Crippen MR) is 438 cm³/mol. The number of aliphatic hydroxyl groups excluding tert-OH is 1. The first-order valence-corrected chi connectivity index (χ1v) is 44.4. The van der Waals surface area contributed by atoms with Crippen molar-refractivity contribution in [3.63, 3.8) is 0 Å². The van der Waals surface area contributed by atoms with Crippen LogP contribution in [0, 0.1) is 17.8 Å². The summed E-state index contributed by atoms with van der Waals surface area (Å²) in [6, 6.07) is 31.4. The molecule has 3 unspecified atom stereocenters. The lowest BCUT2D eigenvalue weighted by atomic mass is 9.71. The van der Waals surface area contributed by atoms with E-state index in [1.54, 1.807) is 23.5 Å². The molecule has 1 aliphatic carbocycles. The molecule has 22 nitrogen and oxygen atoms in total. The first kappa shape index (κ1) is 86.4. The van der Waals surface area contributed by atoms with Crippen molar-refractivity contribution in [2.45, 2.75) is 182 Å². The number of unbranched alkanes of at least 4 members (excludes halogenated alkanes) is 3. The average Bonchev–Trinajstić information content (AvgIpc) is 1.32. The Balaban J connectivity index is 0.626. The third-order valence-electron chi connectivity index (χ3n) is 22.1. The number of hydrogen-bond acceptors (Lipinski definition) is 19. The van der Waals surface area contributed by atoms with Crippen molar-refractivity contribution in [1.29, 1.82) is 0 Å². The van der Waals surface area contributed by atoms with E-state index in [2.05, 4.69) is 64.9 Å². The molecule has 5 aromatic carbocycles. The largest absolute Gasteiger partial charge is 0.501 e. The molecule has 5 heterocycles. The first-order valence-electron chi connectivity index (χ1n) is 39.2. The molecule has 0 spiro atoms. The molecule has 6 aromatic rings. The lowest BCUT2D eigenvalue weighted by Gasteiger charge is -2.44. The second-order valence-electron chi connectivity index (χ2n) is 32.1. The molecule has 0 saturated carbocycles. The molecule has 4 aliphatic heterocycles. The van der Waals surface area contributed by atoms with E-state index < -0.39 is 82.3 Å². The van der Waals surface area contributed by atoms with Crippen molar-refractivity contribution in [3.8, 4) is 10.4 Å². The van der Waals surface area contributed by atoms with Crippen LogP contribution in [0.2, 0.25) is 5.02 Å². The lowest BCUT2D eigenvalue weighted by molar-refractivity contribution is -0.144. The maximum atomic E-state index is 14.4. The van der Waals surface area contributed by atoms with Crippen LogP contribution < -0.4 is 30.9 Å². The highest BCUT2D eigenvalue weighted by atomic mass is 35.5. The molecular weight excluding hydrogens is 1550 g/mol. The number of likely N-dealkylation sites (tertiary alicyclic amines) is 2. The number of anilines is 2. The number of piperazine rings is 1. The highest BCUT2D eigenvalue weighted by Gasteiger charge is 2.49. The van der Waals surface area contributed by atoms with Gasteiger partial charge in [0.2, 0.25) is 23.6 Å². The number of thiazole rings is 1. The average molecular weight is 1660 g/mol. The van der Waals surface area contributed by atoms with Crippen LogP contribution >= 0.6 is 34.7 Å². The normalized spacial score (nSPS) is 20.6. The summed E-state index contributed by atoms with van der Waals surface area (Å²) < 4.78 is 105. The summed E-state index contributed by atoms with van der Waals surface area (Å²) in [6.45, 7) is 20.8. The number of nitrogens with one attached hydrogen (secondary N) is 5. The summed E-state index contributed by atoms with van der Waals surface area (Å²) in [5, 5.41) is 23.8. The van der Waals surface area contributed by atoms with E-state index in [1.807, 2.05) is 112 Å². The Bertz CT molecular complexity index is 4520. The number of benzene rings is 5. The molecule has 11 rings (SSSR count). The van der Waals surface area contributed by atoms with Gasteiger partial charge in [-0.3, -0.25) is 33.8 Å². The van der Waals surface area contributed by atoms with Gasteiger partial charge in [0, 0.05) is 130 Å². The number of β-amino-alcohol motifs (C(OH)–C–C–N with tert-alkyl or cyclic N) is 1. The SMILES string of the molecule is Cc1ncsc1-c1ccc([C@H](C)NC(=O)[C@@H]2C[C@@H](O)CN2C(=O)C(NC(=O)CCCCCCC(=O)N[C@@H]2CCCN(CC3(C)CCC(c4ccc(Cl)cc4)=C(CN4CCN(c5ccc(C(=O)NS(=O)(=O)c6ccc(NC(CCN7CCOCC7)CSc7ccccc7)c(S(=O)(=O)C(F)(F)F)c6)cc5)CC4)C3)C2)C(C)(C)C)cc1. The van der Waals surface area contributed by atoms with Gasteiger partial charge in [-0.1, -0.05) is 112 Å². The molecule has 4 fully saturated rings. The number of hydrogen-bond donors (Lipinski definition) is 6. The van der Waals surface area contributed by atoms with Gasteiger partial charge in [-0.25, -0.2) is 26.5 Å². The molecule has 5 amide bonds. The van der Waals surface area contributed by atoms with Gasteiger partial charge in [0.1, 0.15) is 17.0 Å². The van der Waals surface area contributed by atoms with E-state index in [-0.39, 0.29) is 60.2 Å². The number of amides is 5. The highest BCUT2D eigenvalue weighted by Crippen LogP contribution is 2.45. The van der Waals surface area contributed by atoms with Gasteiger partial charge in [0.25, 0.3) is 25.8 Å². The summed E-state index contributed by atoms with van der Waals surface area (Å²) in [5.74, 6) is -1.77. The number of aryl methyl sites for hydroxylation is 1. The number of sulfonamides is 1. The number of thioether (sulfide) groups is 1. The number of alkyl halides is 3. The number of sulfone groups is 1. The van der Waals surface area contributed by atoms with E-state index in [0.29, 0.717) is 88.5 Å². The number of piperidine rings is 1. The fraction of sp³-hybridized carbons (Fsp3) is 0.518. The molecule has 4 saturated heterocycles. The van der Waals surface area contributed by atoms with Crippen LogP contribution in [-0.2, 0) is 43.8 Å². The minimum absolute atomic E-state index is 0.0128. The van der Waals surface area contributed by atoms with Crippen molar-refractivity contribution >= 4 is 101 Å². The Labute approximate surface area is 676 Å². The van der Waals surface area contributed by atoms with Crippen LogP contribution in [-0.4, -0.2) is 209 Å². The molecule has 612 valence electrons. The molecule has 5 aliphatic rings. The molecule has 30 heteroatoms. The highest BCUT2D eigenvalue weighted by molar-refractivity contribution is 7.99. The van der Waals surface area contributed by atoms with Gasteiger partial charge in [0.15, 0.2) is 0 Å². The van der Waals surface area contributed by atoms with Gasteiger partial charge < -0.3 is 45.8 Å². The molecule has 1 aromatic heterocycles. The van der Waals surface area contributed by atoms with Crippen LogP contribution in [0.3, 0.4) is 0 Å². The minimum atomic E-state index is -6.11. The fourth-order valence-corrected chi connectivity index (χ4v) is 19.8. The van der Waals surface area contributed by atoms with E-state index in [1.165, 1.54) is 39.9 Å². The van der Waals surface area contributed by atoms with Crippen LogP contribution in [0.1, 0.15) is 151 Å². The Morgan fingerprint density at radius 2 is 1.47 bits per heavy atom. The Morgan fingerprint density at radius 3 is 2.13 bits per heavy atom. The van der Waals surface area contributed by atoms with Crippen molar-refractivity contribution in [1.82, 2.24) is 45.3 Å². The number of rotatable bonds is 32. The number of ether oxygens (including phenoxy) is 1. The maximum absolute atomic E-state index is 14.4.